The van der Waals surface area contributed by atoms with Crippen molar-refractivity contribution in [3.8, 4) is 0 Å². The van der Waals surface area contributed by atoms with Crippen LogP contribution >= 0.6 is 7.82 Å². The number of rotatable bonds is 26. The standard InChI is InChI=1S/C26H52NO7P/c1-3-5-6-7-8-9-10-11-12-13-14-15-16-17-18-20-26(29)32-22-19-23-33-35(30,31)34-24-21-27-25(28)4-2/h18,20,26,29H,3-17,19,21-24H2,1-2H3,(H,27,28)(H,30,31)/b20-18+. The van der Waals surface area contributed by atoms with Gasteiger partial charge in [0.15, 0.2) is 6.29 Å². The van der Waals surface area contributed by atoms with E-state index in [0.717, 1.165) is 12.8 Å². The SMILES string of the molecule is CCCCCCCCCCCCCCC/C=C/C(O)OCCCOP(=O)(O)OCCNC(=O)CC. The minimum Gasteiger partial charge on any atom is -0.365 e. The maximum absolute atomic E-state index is 11.7. The summed E-state index contributed by atoms with van der Waals surface area (Å²) in [5.41, 5.74) is 0. The minimum atomic E-state index is -4.15. The van der Waals surface area contributed by atoms with Crippen LogP contribution in [0.15, 0.2) is 12.2 Å². The van der Waals surface area contributed by atoms with Gasteiger partial charge in [0, 0.05) is 13.0 Å². The number of aliphatic hydroxyl groups excluding tert-OH is 1. The van der Waals surface area contributed by atoms with Gasteiger partial charge < -0.3 is 20.1 Å². The number of ether oxygens (including phenoxy) is 1. The van der Waals surface area contributed by atoms with Crippen molar-refractivity contribution >= 4 is 13.7 Å². The van der Waals surface area contributed by atoms with Crippen LogP contribution in [0, 0.1) is 0 Å². The molecule has 2 atom stereocenters. The number of hydrogen-bond donors (Lipinski definition) is 3. The van der Waals surface area contributed by atoms with Gasteiger partial charge >= 0.3 is 7.82 Å². The summed E-state index contributed by atoms with van der Waals surface area (Å²) >= 11 is 0. The summed E-state index contributed by atoms with van der Waals surface area (Å²) in [7, 11) is -4.15. The van der Waals surface area contributed by atoms with Crippen molar-refractivity contribution in [2.24, 2.45) is 0 Å². The maximum Gasteiger partial charge on any atom is 0.472 e. The Balaban J connectivity index is 3.47. The Morgan fingerprint density at radius 2 is 1.37 bits per heavy atom. The monoisotopic (exact) mass is 521 g/mol. The van der Waals surface area contributed by atoms with Crippen molar-refractivity contribution in [3.63, 3.8) is 0 Å². The molecule has 2 unspecified atom stereocenters. The molecule has 0 saturated carbocycles. The van der Waals surface area contributed by atoms with Gasteiger partial charge in [-0.3, -0.25) is 13.8 Å². The van der Waals surface area contributed by atoms with Crippen LogP contribution in [0.25, 0.3) is 0 Å². The smallest absolute Gasteiger partial charge is 0.365 e. The summed E-state index contributed by atoms with van der Waals surface area (Å²) in [4.78, 5) is 20.6. The van der Waals surface area contributed by atoms with Crippen LogP contribution in [0.5, 0.6) is 0 Å². The molecule has 1 amide bonds. The summed E-state index contributed by atoms with van der Waals surface area (Å²) in [6.45, 7) is 4.16. The van der Waals surface area contributed by atoms with E-state index in [2.05, 4.69) is 12.2 Å². The molecule has 0 radical (unpaired) electrons. The average Bonchev–Trinajstić information content (AvgIpc) is 2.83. The van der Waals surface area contributed by atoms with Crippen LogP contribution in [0.1, 0.15) is 117 Å². The van der Waals surface area contributed by atoms with Crippen LogP contribution < -0.4 is 5.32 Å². The highest BCUT2D eigenvalue weighted by Crippen LogP contribution is 2.42. The topological polar surface area (TPSA) is 114 Å². The highest BCUT2D eigenvalue weighted by molar-refractivity contribution is 7.47. The number of unbranched alkanes of at least 4 members (excludes halogenated alkanes) is 13. The summed E-state index contributed by atoms with van der Waals surface area (Å²) in [6.07, 6.45) is 21.5. The fourth-order valence-corrected chi connectivity index (χ4v) is 4.26. The zero-order valence-corrected chi connectivity index (χ0v) is 23.2. The summed E-state index contributed by atoms with van der Waals surface area (Å²) in [5.74, 6) is -0.156. The van der Waals surface area contributed by atoms with E-state index in [4.69, 9.17) is 13.8 Å². The van der Waals surface area contributed by atoms with Crippen molar-refractivity contribution < 1.29 is 33.1 Å². The van der Waals surface area contributed by atoms with Crippen molar-refractivity contribution in [2.45, 2.75) is 123 Å². The molecule has 0 rings (SSSR count). The number of nitrogens with one attached hydrogen (secondary N) is 1. The number of carbonyl (C=O) groups excluding carboxylic acids is 1. The Morgan fingerprint density at radius 3 is 1.94 bits per heavy atom. The number of phosphoric ester groups is 1. The zero-order chi connectivity index (χ0) is 26.0. The van der Waals surface area contributed by atoms with Gasteiger partial charge in [-0.2, -0.15) is 0 Å². The molecule has 0 aliphatic heterocycles. The van der Waals surface area contributed by atoms with E-state index in [9.17, 15) is 19.4 Å². The molecule has 8 nitrogen and oxygen atoms in total. The van der Waals surface area contributed by atoms with E-state index >= 15 is 0 Å². The largest absolute Gasteiger partial charge is 0.472 e. The van der Waals surface area contributed by atoms with Gasteiger partial charge in [-0.25, -0.2) is 4.57 Å². The molecule has 3 N–H and O–H groups in total. The lowest BCUT2D eigenvalue weighted by Crippen LogP contribution is -2.26. The third-order valence-electron chi connectivity index (χ3n) is 5.61. The number of amides is 1. The van der Waals surface area contributed by atoms with E-state index in [1.807, 2.05) is 6.08 Å². The normalized spacial score (nSPS) is 14.3. The summed E-state index contributed by atoms with van der Waals surface area (Å²) in [6, 6.07) is 0. The second kappa shape index (κ2) is 24.9. The zero-order valence-electron chi connectivity index (χ0n) is 22.3. The van der Waals surface area contributed by atoms with Crippen LogP contribution in [-0.2, 0) is 23.1 Å². The molecule has 0 saturated heterocycles. The number of hydrogen-bond acceptors (Lipinski definition) is 6. The van der Waals surface area contributed by atoms with Crippen LogP contribution in [-0.4, -0.2) is 48.6 Å². The van der Waals surface area contributed by atoms with Gasteiger partial charge in [-0.05, 0) is 25.3 Å². The Hall–Kier alpha value is -0.760. The second-order valence-corrected chi connectivity index (χ2v) is 10.4. The highest BCUT2D eigenvalue weighted by atomic mass is 31.2. The fraction of sp³-hybridized carbons (Fsp3) is 0.885. The lowest BCUT2D eigenvalue weighted by Gasteiger charge is -2.13. The van der Waals surface area contributed by atoms with E-state index in [1.165, 1.54) is 77.0 Å². The molecule has 0 aromatic heterocycles. The molecule has 0 fully saturated rings. The van der Waals surface area contributed by atoms with E-state index < -0.39 is 14.1 Å². The van der Waals surface area contributed by atoms with Crippen molar-refractivity contribution in [2.75, 3.05) is 26.4 Å². The van der Waals surface area contributed by atoms with Gasteiger partial charge in [0.2, 0.25) is 5.91 Å². The van der Waals surface area contributed by atoms with Gasteiger partial charge in [-0.1, -0.05) is 97.0 Å². The molecular formula is C26H52NO7P. The van der Waals surface area contributed by atoms with Gasteiger partial charge in [0.25, 0.3) is 0 Å². The molecule has 0 aromatic carbocycles. The first kappa shape index (κ1) is 34.2. The number of phosphoric acid groups is 1. The minimum absolute atomic E-state index is 0.0372. The van der Waals surface area contributed by atoms with Crippen molar-refractivity contribution in [3.05, 3.63) is 12.2 Å². The molecule has 0 aromatic rings. The van der Waals surface area contributed by atoms with Crippen LogP contribution in [0.3, 0.4) is 0 Å². The molecule has 0 spiro atoms. The van der Waals surface area contributed by atoms with Gasteiger partial charge in [-0.15, -0.1) is 0 Å². The number of aliphatic hydroxyl groups is 1. The lowest BCUT2D eigenvalue weighted by atomic mass is 10.0. The molecular weight excluding hydrogens is 469 g/mol. The Morgan fingerprint density at radius 1 is 0.829 bits per heavy atom. The summed E-state index contributed by atoms with van der Waals surface area (Å²) < 4.78 is 26.5. The molecule has 208 valence electrons. The fourth-order valence-electron chi connectivity index (χ4n) is 3.50. The second-order valence-electron chi connectivity index (χ2n) is 8.91. The third kappa shape index (κ3) is 26.1. The third-order valence-corrected chi connectivity index (χ3v) is 6.62. The molecule has 9 heteroatoms. The van der Waals surface area contributed by atoms with Gasteiger partial charge in [0.1, 0.15) is 0 Å². The first-order valence-electron chi connectivity index (χ1n) is 13.8. The Kier molecular flexibility index (Phi) is 24.4. The first-order chi connectivity index (χ1) is 16.9. The number of allylic oxidation sites excluding steroid dienone is 1. The molecule has 0 aliphatic carbocycles. The average molecular weight is 522 g/mol. The predicted molar refractivity (Wildman–Crippen MR) is 141 cm³/mol. The van der Waals surface area contributed by atoms with Crippen LogP contribution in [0.2, 0.25) is 0 Å². The number of carbonyl (C=O) groups is 1. The Bertz CT molecular complexity index is 560. The predicted octanol–water partition coefficient (Wildman–Crippen LogP) is 6.41. The van der Waals surface area contributed by atoms with Crippen molar-refractivity contribution in [1.29, 1.82) is 0 Å². The first-order valence-corrected chi connectivity index (χ1v) is 15.3. The maximum atomic E-state index is 11.7. The van der Waals surface area contributed by atoms with Crippen LogP contribution in [0.4, 0.5) is 0 Å². The van der Waals surface area contributed by atoms with Crippen molar-refractivity contribution in [1.82, 2.24) is 5.32 Å². The molecule has 0 aliphatic rings. The van der Waals surface area contributed by atoms with E-state index in [0.29, 0.717) is 12.8 Å². The van der Waals surface area contributed by atoms with Gasteiger partial charge in [0.05, 0.1) is 19.8 Å². The highest BCUT2D eigenvalue weighted by Gasteiger charge is 2.20. The van der Waals surface area contributed by atoms with E-state index in [-0.39, 0.29) is 32.3 Å². The lowest BCUT2D eigenvalue weighted by molar-refractivity contribution is -0.120. The molecule has 0 heterocycles. The van der Waals surface area contributed by atoms with E-state index in [1.54, 1.807) is 13.0 Å². The quantitative estimate of drug-likeness (QED) is 0.0521. The Labute approximate surface area is 213 Å². The molecule has 35 heavy (non-hydrogen) atoms. The molecule has 0 bridgehead atoms. The summed E-state index contributed by atoms with van der Waals surface area (Å²) in [5, 5.41) is 12.3.